The minimum atomic E-state index is -0.365. The predicted molar refractivity (Wildman–Crippen MR) is 50.9 cm³/mol. The summed E-state index contributed by atoms with van der Waals surface area (Å²) in [7, 11) is 0. The maximum atomic E-state index is 11.3. The van der Waals surface area contributed by atoms with E-state index in [1.165, 1.54) is 6.07 Å². The van der Waals surface area contributed by atoms with Crippen LogP contribution in [0.5, 0.6) is 0 Å². The van der Waals surface area contributed by atoms with Crippen LogP contribution in [0, 0.1) is 0 Å². The Morgan fingerprint density at radius 2 is 1.93 bits per heavy atom. The summed E-state index contributed by atoms with van der Waals surface area (Å²) >= 11 is 0. The summed E-state index contributed by atoms with van der Waals surface area (Å²) < 4.78 is 0.961. The Morgan fingerprint density at radius 3 is 2.71 bits per heavy atom. The number of carbonyl (C=O) groups is 1. The van der Waals surface area contributed by atoms with Crippen molar-refractivity contribution in [2.24, 2.45) is 0 Å². The van der Waals surface area contributed by atoms with Crippen molar-refractivity contribution in [3.8, 4) is 0 Å². The van der Waals surface area contributed by atoms with Crippen LogP contribution in [0.1, 0.15) is 0 Å². The molecule has 0 aliphatic heterocycles. The third-order valence-corrected chi connectivity index (χ3v) is 1.91. The fourth-order valence-corrected chi connectivity index (χ4v) is 1.31. The molecule has 0 bridgehead atoms. The van der Waals surface area contributed by atoms with Crippen LogP contribution in [0.4, 0.5) is 0 Å². The van der Waals surface area contributed by atoms with Crippen molar-refractivity contribution in [2.45, 2.75) is 0 Å². The highest BCUT2D eigenvalue weighted by atomic mass is 16.7. The Labute approximate surface area is 79.3 Å². The molecule has 2 aromatic rings. The van der Waals surface area contributed by atoms with Gasteiger partial charge in [0.25, 0.3) is 5.56 Å². The van der Waals surface area contributed by atoms with Crippen molar-refractivity contribution in [3.63, 3.8) is 0 Å². The van der Waals surface area contributed by atoms with Gasteiger partial charge in [-0.05, 0) is 12.1 Å². The second-order valence-corrected chi connectivity index (χ2v) is 2.73. The summed E-state index contributed by atoms with van der Waals surface area (Å²) in [6.07, 6.45) is 0. The first-order valence-electron chi connectivity index (χ1n) is 4.04. The maximum absolute atomic E-state index is 11.3. The third kappa shape index (κ3) is 1.26. The van der Waals surface area contributed by atoms with E-state index in [2.05, 4.69) is 4.84 Å². The number of pyridine rings is 1. The highest BCUT2D eigenvalue weighted by Gasteiger charge is 2.01. The molecule has 4 nitrogen and oxygen atoms in total. The quantitative estimate of drug-likeness (QED) is 0.649. The number of hydrogen-bond acceptors (Lipinski definition) is 3. The summed E-state index contributed by atoms with van der Waals surface area (Å²) in [6.45, 7) is 0.230. The molecule has 0 saturated carbocycles. The van der Waals surface area contributed by atoms with E-state index in [1.807, 2.05) is 12.1 Å². The normalized spacial score (nSPS) is 10.0. The molecule has 4 heteroatoms. The zero-order valence-corrected chi connectivity index (χ0v) is 7.21. The van der Waals surface area contributed by atoms with Crippen molar-refractivity contribution in [2.75, 3.05) is 0 Å². The first kappa shape index (κ1) is 8.50. The molecule has 0 radical (unpaired) electrons. The largest absolute Gasteiger partial charge is 0.336 e. The molecule has 0 spiro atoms. The molecule has 70 valence electrons. The lowest BCUT2D eigenvalue weighted by molar-refractivity contribution is -0.129. The van der Waals surface area contributed by atoms with Gasteiger partial charge < -0.3 is 4.84 Å². The number of hydrogen-bond donors (Lipinski definition) is 0. The number of nitrogens with zero attached hydrogens (tertiary/aromatic N) is 1. The number of aromatic nitrogens is 1. The van der Waals surface area contributed by atoms with Gasteiger partial charge >= 0.3 is 6.47 Å². The monoisotopic (exact) mass is 189 g/mol. The topological polar surface area (TPSA) is 48.3 Å². The van der Waals surface area contributed by atoms with E-state index in [9.17, 15) is 9.59 Å². The number of carbonyl (C=O) groups excluding carboxylic acids is 1. The van der Waals surface area contributed by atoms with Gasteiger partial charge in [0.1, 0.15) is 0 Å². The Kier molecular flexibility index (Phi) is 2.02. The van der Waals surface area contributed by atoms with Crippen molar-refractivity contribution in [1.29, 1.82) is 0 Å². The molecule has 1 aromatic heterocycles. The number of para-hydroxylation sites is 1. The zero-order valence-electron chi connectivity index (χ0n) is 7.21. The van der Waals surface area contributed by atoms with Crippen molar-refractivity contribution >= 4 is 17.4 Å². The molecule has 0 atom stereocenters. The molecule has 0 unspecified atom stereocenters. The highest BCUT2D eigenvalue weighted by Crippen LogP contribution is 2.09. The average Bonchev–Trinajstić information content (AvgIpc) is 2.23. The average molecular weight is 189 g/mol. The van der Waals surface area contributed by atoms with Gasteiger partial charge in [0.2, 0.25) is 0 Å². The summed E-state index contributed by atoms with van der Waals surface area (Å²) in [6, 6.07) is 10.2. The molecule has 0 N–H and O–H groups in total. The molecule has 2 rings (SSSR count). The van der Waals surface area contributed by atoms with Crippen LogP contribution in [0.3, 0.4) is 0 Å². The number of fused-ring (bicyclic) bond motifs is 1. The van der Waals surface area contributed by atoms with Gasteiger partial charge in [-0.3, -0.25) is 9.59 Å². The molecular formula is C10H7NO3. The highest BCUT2D eigenvalue weighted by molar-refractivity contribution is 5.78. The van der Waals surface area contributed by atoms with Gasteiger partial charge in [-0.2, -0.15) is 0 Å². The van der Waals surface area contributed by atoms with E-state index in [1.54, 1.807) is 18.2 Å². The molecular weight excluding hydrogens is 182 g/mol. The molecule has 1 aromatic carbocycles. The summed E-state index contributed by atoms with van der Waals surface area (Å²) in [5, 5.41) is 0.842. The van der Waals surface area contributed by atoms with Crippen LogP contribution in [-0.4, -0.2) is 11.2 Å². The van der Waals surface area contributed by atoms with E-state index in [0.29, 0.717) is 5.52 Å². The van der Waals surface area contributed by atoms with Crippen LogP contribution in [0.15, 0.2) is 41.2 Å². The lowest BCUT2D eigenvalue weighted by Crippen LogP contribution is -2.25. The molecule has 0 aliphatic carbocycles. The van der Waals surface area contributed by atoms with Gasteiger partial charge in [-0.25, -0.2) is 0 Å². The van der Waals surface area contributed by atoms with Crippen LogP contribution in [0.2, 0.25) is 0 Å². The second-order valence-electron chi connectivity index (χ2n) is 2.73. The first-order valence-corrected chi connectivity index (χ1v) is 4.04. The Balaban J connectivity index is 2.82. The summed E-state index contributed by atoms with van der Waals surface area (Å²) in [5.41, 5.74) is 0.211. The summed E-state index contributed by atoms with van der Waals surface area (Å²) in [5.74, 6) is 0. The van der Waals surface area contributed by atoms with Gasteiger partial charge in [0.15, 0.2) is 0 Å². The van der Waals surface area contributed by atoms with Crippen molar-refractivity contribution in [3.05, 3.63) is 46.8 Å². The SMILES string of the molecule is O=COn1c(=O)ccc2ccccc21. The fraction of sp³-hybridized carbons (Fsp3) is 0. The van der Waals surface area contributed by atoms with E-state index >= 15 is 0 Å². The molecule has 14 heavy (non-hydrogen) atoms. The van der Waals surface area contributed by atoms with Crippen LogP contribution in [-0.2, 0) is 4.79 Å². The first-order chi connectivity index (χ1) is 6.83. The van der Waals surface area contributed by atoms with Gasteiger partial charge in [-0.1, -0.05) is 18.2 Å². The molecule has 0 amide bonds. The van der Waals surface area contributed by atoms with E-state index in [-0.39, 0.29) is 12.0 Å². The molecule has 0 saturated heterocycles. The van der Waals surface area contributed by atoms with Gasteiger partial charge in [0.05, 0.1) is 5.52 Å². The number of rotatable bonds is 2. The fourth-order valence-electron chi connectivity index (χ4n) is 1.31. The van der Waals surface area contributed by atoms with Crippen LogP contribution in [0.25, 0.3) is 10.9 Å². The molecule has 0 aliphatic rings. The standard InChI is InChI=1S/C10H7NO3/c12-7-14-11-9-4-2-1-3-8(9)5-6-10(11)13/h1-7H. The third-order valence-electron chi connectivity index (χ3n) is 1.91. The van der Waals surface area contributed by atoms with Crippen molar-refractivity contribution in [1.82, 2.24) is 4.73 Å². The lowest BCUT2D eigenvalue weighted by Gasteiger charge is -2.04. The second kappa shape index (κ2) is 3.33. The smallest absolute Gasteiger partial charge is 0.321 e. The Hall–Kier alpha value is -2.10. The van der Waals surface area contributed by atoms with E-state index < -0.39 is 0 Å². The Morgan fingerprint density at radius 1 is 1.14 bits per heavy atom. The maximum Gasteiger partial charge on any atom is 0.321 e. The lowest BCUT2D eigenvalue weighted by atomic mass is 10.2. The minimum absolute atomic E-state index is 0.230. The van der Waals surface area contributed by atoms with Crippen LogP contribution >= 0.6 is 0 Å². The van der Waals surface area contributed by atoms with Gasteiger partial charge in [0, 0.05) is 11.5 Å². The predicted octanol–water partition coefficient (Wildman–Crippen LogP) is 0.586. The summed E-state index contributed by atoms with van der Waals surface area (Å²) in [4.78, 5) is 26.1. The molecule has 1 heterocycles. The Bertz CT molecular complexity index is 530. The molecule has 0 fully saturated rings. The minimum Gasteiger partial charge on any atom is -0.336 e. The van der Waals surface area contributed by atoms with E-state index in [4.69, 9.17) is 0 Å². The van der Waals surface area contributed by atoms with Gasteiger partial charge in [-0.15, -0.1) is 4.73 Å². The number of benzene rings is 1. The van der Waals surface area contributed by atoms with Crippen LogP contribution < -0.4 is 10.4 Å². The van der Waals surface area contributed by atoms with Crippen molar-refractivity contribution < 1.29 is 9.63 Å². The zero-order chi connectivity index (χ0) is 9.97. The van der Waals surface area contributed by atoms with E-state index in [0.717, 1.165) is 10.1 Å².